The molecule has 0 fully saturated rings. The van der Waals surface area contributed by atoms with Gasteiger partial charge in [-0.1, -0.05) is 32.0 Å². The molecule has 4 heteroatoms. The van der Waals surface area contributed by atoms with Crippen LogP contribution in [0.2, 0.25) is 0 Å². The third-order valence-electron chi connectivity index (χ3n) is 3.40. The summed E-state index contributed by atoms with van der Waals surface area (Å²) in [7, 11) is 0. The van der Waals surface area contributed by atoms with E-state index in [1.807, 2.05) is 31.2 Å². The third kappa shape index (κ3) is 6.37. The lowest BCUT2D eigenvalue weighted by Gasteiger charge is -2.19. The normalized spacial score (nSPS) is 12.7. The predicted molar refractivity (Wildman–Crippen MR) is 83.3 cm³/mol. The Hall–Kier alpha value is -1.10. The van der Waals surface area contributed by atoms with Crippen LogP contribution in [0, 0.1) is 6.92 Å². The Morgan fingerprint density at radius 3 is 2.60 bits per heavy atom. The maximum atomic E-state index is 9.88. The largest absolute Gasteiger partial charge is 0.491 e. The molecule has 114 valence electrons. The van der Waals surface area contributed by atoms with Crippen molar-refractivity contribution in [3.05, 3.63) is 29.8 Å². The first kappa shape index (κ1) is 17.0. The Morgan fingerprint density at radius 2 is 1.95 bits per heavy atom. The second kappa shape index (κ2) is 9.75. The molecule has 0 radical (unpaired) electrons. The summed E-state index contributed by atoms with van der Waals surface area (Å²) in [5.41, 5.74) is 1.09. The average Bonchev–Trinajstić information content (AvgIpc) is 2.46. The first-order valence-electron chi connectivity index (χ1n) is 7.46. The second-order valence-corrected chi connectivity index (χ2v) is 4.96. The highest BCUT2D eigenvalue weighted by Crippen LogP contribution is 2.16. The van der Waals surface area contributed by atoms with Crippen molar-refractivity contribution < 1.29 is 9.84 Å². The summed E-state index contributed by atoms with van der Waals surface area (Å²) in [6, 6.07) is 7.85. The lowest BCUT2D eigenvalue weighted by Crippen LogP contribution is -2.37. The average molecular weight is 280 g/mol. The highest BCUT2D eigenvalue weighted by Gasteiger charge is 2.06. The van der Waals surface area contributed by atoms with Crippen molar-refractivity contribution in [3.63, 3.8) is 0 Å². The molecule has 0 spiro atoms. The Balaban J connectivity index is 2.15. The van der Waals surface area contributed by atoms with E-state index >= 15 is 0 Å². The Morgan fingerprint density at radius 1 is 1.25 bits per heavy atom. The van der Waals surface area contributed by atoms with Crippen molar-refractivity contribution in [2.75, 3.05) is 39.3 Å². The Bertz CT molecular complexity index is 367. The maximum absolute atomic E-state index is 9.88. The molecule has 0 aliphatic heterocycles. The minimum Gasteiger partial charge on any atom is -0.491 e. The van der Waals surface area contributed by atoms with Crippen LogP contribution in [0.3, 0.4) is 0 Å². The molecule has 1 unspecified atom stereocenters. The fourth-order valence-corrected chi connectivity index (χ4v) is 2.01. The van der Waals surface area contributed by atoms with Gasteiger partial charge in [-0.3, -0.25) is 0 Å². The monoisotopic (exact) mass is 280 g/mol. The van der Waals surface area contributed by atoms with Crippen LogP contribution in [0.25, 0.3) is 0 Å². The number of ether oxygens (including phenoxy) is 1. The molecule has 0 amide bonds. The lowest BCUT2D eigenvalue weighted by molar-refractivity contribution is 0.105. The van der Waals surface area contributed by atoms with Crippen LogP contribution in [0.4, 0.5) is 0 Å². The second-order valence-electron chi connectivity index (χ2n) is 4.96. The standard InChI is InChI=1S/C16H28N2O2/c1-4-18(5-2)11-10-17-12-15(19)13-20-16-9-7-6-8-14(16)3/h6-9,15,17,19H,4-5,10-13H2,1-3H3. The van der Waals surface area contributed by atoms with Gasteiger partial charge >= 0.3 is 0 Å². The number of aliphatic hydroxyl groups is 1. The van der Waals surface area contributed by atoms with Gasteiger partial charge < -0.3 is 20.1 Å². The number of nitrogens with zero attached hydrogens (tertiary/aromatic N) is 1. The topological polar surface area (TPSA) is 44.7 Å². The Kier molecular flexibility index (Phi) is 8.26. The van der Waals surface area contributed by atoms with Crippen LogP contribution >= 0.6 is 0 Å². The summed E-state index contributed by atoms with van der Waals surface area (Å²) in [5, 5.41) is 13.1. The quantitative estimate of drug-likeness (QED) is 0.640. The van der Waals surface area contributed by atoms with Gasteiger partial charge in [0, 0.05) is 19.6 Å². The van der Waals surface area contributed by atoms with Crippen molar-refractivity contribution in [2.45, 2.75) is 26.9 Å². The zero-order valence-electron chi connectivity index (χ0n) is 12.9. The van der Waals surface area contributed by atoms with Crippen LogP contribution in [-0.4, -0.2) is 55.4 Å². The molecule has 0 aromatic heterocycles. The van der Waals surface area contributed by atoms with Gasteiger partial charge in [-0.05, 0) is 31.6 Å². The number of likely N-dealkylation sites (N-methyl/N-ethyl adjacent to an activating group) is 1. The number of hydrogen-bond donors (Lipinski definition) is 2. The summed E-state index contributed by atoms with van der Waals surface area (Å²) in [6.07, 6.45) is -0.480. The predicted octanol–water partition coefficient (Wildman–Crippen LogP) is 1.67. The van der Waals surface area contributed by atoms with Crippen molar-refractivity contribution in [1.29, 1.82) is 0 Å². The van der Waals surface area contributed by atoms with Gasteiger partial charge in [-0.15, -0.1) is 0 Å². The van der Waals surface area contributed by atoms with E-state index in [0.29, 0.717) is 13.2 Å². The molecular weight excluding hydrogens is 252 g/mol. The van der Waals surface area contributed by atoms with Gasteiger partial charge in [-0.2, -0.15) is 0 Å². The van der Waals surface area contributed by atoms with Gasteiger partial charge in [-0.25, -0.2) is 0 Å². The minimum atomic E-state index is -0.480. The van der Waals surface area contributed by atoms with E-state index in [1.165, 1.54) is 0 Å². The summed E-state index contributed by atoms with van der Waals surface area (Å²) in [4.78, 5) is 2.35. The number of benzene rings is 1. The van der Waals surface area contributed by atoms with Gasteiger partial charge in [0.05, 0.1) is 0 Å². The van der Waals surface area contributed by atoms with Crippen LogP contribution in [-0.2, 0) is 0 Å². The molecule has 20 heavy (non-hydrogen) atoms. The number of nitrogens with one attached hydrogen (secondary N) is 1. The summed E-state index contributed by atoms with van der Waals surface area (Å²) < 4.78 is 5.62. The van der Waals surface area contributed by atoms with Crippen LogP contribution in [0.1, 0.15) is 19.4 Å². The van der Waals surface area contributed by atoms with Crippen LogP contribution in [0.15, 0.2) is 24.3 Å². The van der Waals surface area contributed by atoms with Crippen molar-refractivity contribution >= 4 is 0 Å². The van der Waals surface area contributed by atoms with Crippen LogP contribution < -0.4 is 10.1 Å². The van der Waals surface area contributed by atoms with E-state index in [9.17, 15) is 5.11 Å². The van der Waals surface area contributed by atoms with E-state index in [0.717, 1.165) is 37.5 Å². The molecule has 1 atom stereocenters. The smallest absolute Gasteiger partial charge is 0.122 e. The van der Waals surface area contributed by atoms with E-state index in [-0.39, 0.29) is 0 Å². The molecule has 2 N–H and O–H groups in total. The molecule has 0 aliphatic rings. The fourth-order valence-electron chi connectivity index (χ4n) is 2.01. The van der Waals surface area contributed by atoms with E-state index in [1.54, 1.807) is 0 Å². The summed E-state index contributed by atoms with van der Waals surface area (Å²) in [6.45, 7) is 11.2. The van der Waals surface area contributed by atoms with Gasteiger partial charge in [0.2, 0.25) is 0 Å². The third-order valence-corrected chi connectivity index (χ3v) is 3.40. The highest BCUT2D eigenvalue weighted by atomic mass is 16.5. The number of rotatable bonds is 10. The number of hydrogen-bond acceptors (Lipinski definition) is 4. The van der Waals surface area contributed by atoms with Crippen molar-refractivity contribution in [3.8, 4) is 5.75 Å². The molecule has 0 heterocycles. The molecule has 1 rings (SSSR count). The summed E-state index contributed by atoms with van der Waals surface area (Å²) in [5.74, 6) is 0.842. The Labute approximate surface area is 122 Å². The highest BCUT2D eigenvalue weighted by molar-refractivity contribution is 5.31. The number of aryl methyl sites for hydroxylation is 1. The first-order chi connectivity index (χ1) is 9.67. The summed E-state index contributed by atoms with van der Waals surface area (Å²) >= 11 is 0. The molecule has 4 nitrogen and oxygen atoms in total. The molecule has 1 aromatic rings. The molecule has 0 saturated heterocycles. The first-order valence-corrected chi connectivity index (χ1v) is 7.46. The van der Waals surface area contributed by atoms with Crippen molar-refractivity contribution in [2.24, 2.45) is 0 Å². The van der Waals surface area contributed by atoms with E-state index in [2.05, 4.69) is 24.1 Å². The number of aliphatic hydroxyl groups excluding tert-OH is 1. The maximum Gasteiger partial charge on any atom is 0.122 e. The molecule has 0 aliphatic carbocycles. The SMILES string of the molecule is CCN(CC)CCNCC(O)COc1ccccc1C. The molecule has 0 saturated carbocycles. The lowest BCUT2D eigenvalue weighted by atomic mass is 10.2. The minimum absolute atomic E-state index is 0.323. The van der Waals surface area contributed by atoms with E-state index in [4.69, 9.17) is 4.74 Å². The van der Waals surface area contributed by atoms with Crippen molar-refractivity contribution in [1.82, 2.24) is 10.2 Å². The number of para-hydroxylation sites is 1. The van der Waals surface area contributed by atoms with Gasteiger partial charge in [0.15, 0.2) is 0 Å². The zero-order valence-corrected chi connectivity index (χ0v) is 12.9. The molecule has 1 aromatic carbocycles. The van der Waals surface area contributed by atoms with Crippen LogP contribution in [0.5, 0.6) is 5.75 Å². The zero-order chi connectivity index (χ0) is 14.8. The molecule has 0 bridgehead atoms. The molecular formula is C16H28N2O2. The van der Waals surface area contributed by atoms with E-state index < -0.39 is 6.10 Å². The van der Waals surface area contributed by atoms with Gasteiger partial charge in [0.25, 0.3) is 0 Å². The van der Waals surface area contributed by atoms with Gasteiger partial charge in [0.1, 0.15) is 18.5 Å². The fraction of sp³-hybridized carbons (Fsp3) is 0.625.